The van der Waals surface area contributed by atoms with Gasteiger partial charge in [-0.05, 0) is 34.1 Å². The standard InChI is InChI=1S/C15H13BrN2O4S/c1-2-11-17(13-8-4-3-7-12(13)16)23(21,22)15-10-6-5-9-14(15)18(19)20/h2-10H,1,11H2. The lowest BCUT2D eigenvalue weighted by atomic mass is 10.3. The minimum atomic E-state index is -4.12. The summed E-state index contributed by atoms with van der Waals surface area (Å²) in [7, 11) is -4.12. The third-order valence-electron chi connectivity index (χ3n) is 3.05. The zero-order valence-electron chi connectivity index (χ0n) is 11.9. The fourth-order valence-corrected chi connectivity index (χ4v) is 4.27. The van der Waals surface area contributed by atoms with Crippen LogP contribution in [-0.4, -0.2) is 19.9 Å². The van der Waals surface area contributed by atoms with E-state index in [-0.39, 0.29) is 11.4 Å². The lowest BCUT2D eigenvalue weighted by Crippen LogP contribution is -2.32. The van der Waals surface area contributed by atoms with Crippen LogP contribution in [0, 0.1) is 10.1 Å². The van der Waals surface area contributed by atoms with E-state index in [1.807, 2.05) is 0 Å². The molecule has 0 aromatic heterocycles. The minimum Gasteiger partial charge on any atom is -0.261 e. The van der Waals surface area contributed by atoms with Crippen molar-refractivity contribution < 1.29 is 13.3 Å². The van der Waals surface area contributed by atoms with Crippen LogP contribution in [0.25, 0.3) is 0 Å². The van der Waals surface area contributed by atoms with Crippen LogP contribution in [0.1, 0.15) is 0 Å². The lowest BCUT2D eigenvalue weighted by molar-refractivity contribution is -0.387. The summed E-state index contributed by atoms with van der Waals surface area (Å²) in [6.07, 6.45) is 1.42. The average Bonchev–Trinajstić information content (AvgIpc) is 2.53. The van der Waals surface area contributed by atoms with Gasteiger partial charge in [-0.2, -0.15) is 0 Å². The number of hydrogen-bond donors (Lipinski definition) is 0. The number of nitrogens with zero attached hydrogens (tertiary/aromatic N) is 2. The molecular weight excluding hydrogens is 384 g/mol. The molecule has 0 unspecified atom stereocenters. The molecule has 2 rings (SSSR count). The van der Waals surface area contributed by atoms with Crippen molar-refractivity contribution >= 4 is 37.3 Å². The molecule has 0 aliphatic carbocycles. The third kappa shape index (κ3) is 3.43. The first-order chi connectivity index (χ1) is 10.9. The summed E-state index contributed by atoms with van der Waals surface area (Å²) in [4.78, 5) is 10.1. The molecule has 23 heavy (non-hydrogen) atoms. The molecule has 0 bridgehead atoms. The zero-order chi connectivity index (χ0) is 17.0. The maximum absolute atomic E-state index is 13.0. The van der Waals surface area contributed by atoms with Gasteiger partial charge in [0.25, 0.3) is 15.7 Å². The van der Waals surface area contributed by atoms with Crippen molar-refractivity contribution in [3.8, 4) is 0 Å². The third-order valence-corrected chi connectivity index (χ3v) is 5.54. The van der Waals surface area contributed by atoms with Crippen molar-refractivity contribution in [1.29, 1.82) is 0 Å². The second-order valence-corrected chi connectivity index (χ2v) is 7.19. The summed E-state index contributed by atoms with van der Waals surface area (Å²) in [6.45, 7) is 3.55. The molecule has 8 heteroatoms. The van der Waals surface area contributed by atoms with Gasteiger partial charge in [0, 0.05) is 10.5 Å². The summed E-state index contributed by atoms with van der Waals surface area (Å²) in [6, 6.07) is 12.0. The first-order valence-electron chi connectivity index (χ1n) is 6.51. The Balaban J connectivity index is 2.66. The van der Waals surface area contributed by atoms with Gasteiger partial charge in [-0.25, -0.2) is 8.42 Å². The molecular formula is C15H13BrN2O4S. The molecule has 120 valence electrons. The average molecular weight is 397 g/mol. The Morgan fingerprint density at radius 1 is 1.17 bits per heavy atom. The molecule has 0 spiro atoms. The molecule has 6 nitrogen and oxygen atoms in total. The Morgan fingerprint density at radius 2 is 1.78 bits per heavy atom. The quantitative estimate of drug-likeness (QED) is 0.423. The summed E-state index contributed by atoms with van der Waals surface area (Å²) >= 11 is 3.31. The maximum Gasteiger partial charge on any atom is 0.289 e. The lowest BCUT2D eigenvalue weighted by Gasteiger charge is -2.24. The van der Waals surface area contributed by atoms with E-state index in [1.165, 1.54) is 30.3 Å². The smallest absolute Gasteiger partial charge is 0.261 e. The van der Waals surface area contributed by atoms with Gasteiger partial charge < -0.3 is 0 Å². The predicted octanol–water partition coefficient (Wildman–Crippen LogP) is 3.74. The maximum atomic E-state index is 13.0. The van der Waals surface area contributed by atoms with Crippen LogP contribution in [0.2, 0.25) is 0 Å². The highest BCUT2D eigenvalue weighted by atomic mass is 79.9. The van der Waals surface area contributed by atoms with Gasteiger partial charge in [-0.3, -0.25) is 14.4 Å². The van der Waals surface area contributed by atoms with E-state index in [4.69, 9.17) is 0 Å². The SMILES string of the molecule is C=CCN(c1ccccc1Br)S(=O)(=O)c1ccccc1[N+](=O)[O-]. The van der Waals surface area contributed by atoms with E-state index in [1.54, 1.807) is 24.3 Å². The van der Waals surface area contributed by atoms with E-state index in [9.17, 15) is 18.5 Å². The Kier molecular flexibility index (Phi) is 5.17. The normalized spacial score (nSPS) is 11.0. The molecule has 2 aromatic rings. The Hall–Kier alpha value is -2.19. The molecule has 0 aliphatic heterocycles. The molecule has 2 aromatic carbocycles. The highest BCUT2D eigenvalue weighted by Crippen LogP contribution is 2.33. The number of para-hydroxylation sites is 2. The highest BCUT2D eigenvalue weighted by molar-refractivity contribution is 9.10. The molecule has 0 saturated carbocycles. The van der Waals surface area contributed by atoms with Gasteiger partial charge in [-0.15, -0.1) is 6.58 Å². The van der Waals surface area contributed by atoms with Crippen LogP contribution < -0.4 is 4.31 Å². The van der Waals surface area contributed by atoms with Crippen molar-refractivity contribution in [3.05, 3.63) is 75.8 Å². The van der Waals surface area contributed by atoms with Crippen molar-refractivity contribution in [2.24, 2.45) is 0 Å². The fourth-order valence-electron chi connectivity index (χ4n) is 2.04. The van der Waals surface area contributed by atoms with Crippen molar-refractivity contribution in [1.82, 2.24) is 0 Å². The molecule has 0 saturated heterocycles. The van der Waals surface area contributed by atoms with Gasteiger partial charge in [0.05, 0.1) is 17.2 Å². The summed E-state index contributed by atoms with van der Waals surface area (Å²) in [5.41, 5.74) is -0.0841. The van der Waals surface area contributed by atoms with Crippen LogP contribution in [0.4, 0.5) is 11.4 Å². The number of benzene rings is 2. The zero-order valence-corrected chi connectivity index (χ0v) is 14.3. The molecule has 0 N–H and O–H groups in total. The van der Waals surface area contributed by atoms with Gasteiger partial charge >= 0.3 is 0 Å². The minimum absolute atomic E-state index is 0.0169. The number of halogens is 1. The molecule has 0 fully saturated rings. The topological polar surface area (TPSA) is 80.5 Å². The monoisotopic (exact) mass is 396 g/mol. The number of nitro benzene ring substituents is 1. The fraction of sp³-hybridized carbons (Fsp3) is 0.0667. The van der Waals surface area contributed by atoms with E-state index < -0.39 is 20.6 Å². The summed E-state index contributed by atoms with van der Waals surface area (Å²) < 4.78 is 27.5. The number of nitro groups is 1. The molecule has 0 aliphatic rings. The highest BCUT2D eigenvalue weighted by Gasteiger charge is 2.31. The number of anilines is 1. The van der Waals surface area contributed by atoms with Crippen LogP contribution in [0.15, 0.2) is 70.6 Å². The summed E-state index contributed by atoms with van der Waals surface area (Å²) in [5, 5.41) is 11.1. The van der Waals surface area contributed by atoms with Crippen LogP contribution in [0.5, 0.6) is 0 Å². The number of sulfonamides is 1. The van der Waals surface area contributed by atoms with E-state index in [0.29, 0.717) is 10.2 Å². The van der Waals surface area contributed by atoms with Gasteiger partial charge in [0.2, 0.25) is 0 Å². The first-order valence-corrected chi connectivity index (χ1v) is 8.74. The number of rotatable bonds is 6. The predicted molar refractivity (Wildman–Crippen MR) is 92.0 cm³/mol. The largest absolute Gasteiger partial charge is 0.289 e. The molecule has 0 atom stereocenters. The molecule has 0 amide bonds. The van der Waals surface area contributed by atoms with Gasteiger partial charge in [0.15, 0.2) is 4.90 Å². The Morgan fingerprint density at radius 3 is 2.39 bits per heavy atom. The van der Waals surface area contributed by atoms with Gasteiger partial charge in [-0.1, -0.05) is 30.3 Å². The van der Waals surface area contributed by atoms with Crippen LogP contribution >= 0.6 is 15.9 Å². The van der Waals surface area contributed by atoms with Crippen LogP contribution in [-0.2, 0) is 10.0 Å². The Labute approximate surface area is 142 Å². The van der Waals surface area contributed by atoms with E-state index in [2.05, 4.69) is 22.5 Å². The van der Waals surface area contributed by atoms with E-state index in [0.717, 1.165) is 4.31 Å². The molecule has 0 heterocycles. The van der Waals surface area contributed by atoms with Crippen LogP contribution in [0.3, 0.4) is 0 Å². The Bertz CT molecular complexity index is 852. The van der Waals surface area contributed by atoms with E-state index >= 15 is 0 Å². The van der Waals surface area contributed by atoms with Crippen molar-refractivity contribution in [2.45, 2.75) is 4.90 Å². The van der Waals surface area contributed by atoms with Crippen molar-refractivity contribution in [2.75, 3.05) is 10.8 Å². The molecule has 0 radical (unpaired) electrons. The summed E-state index contributed by atoms with van der Waals surface area (Å²) in [5.74, 6) is 0. The van der Waals surface area contributed by atoms with Crippen molar-refractivity contribution in [3.63, 3.8) is 0 Å². The number of hydrogen-bond acceptors (Lipinski definition) is 4. The first kappa shape index (κ1) is 17.2. The van der Waals surface area contributed by atoms with Gasteiger partial charge in [0.1, 0.15) is 0 Å². The second-order valence-electron chi connectivity index (χ2n) is 4.50. The second kappa shape index (κ2) is 6.93.